The van der Waals surface area contributed by atoms with Crippen LogP contribution in [0.3, 0.4) is 0 Å². The van der Waals surface area contributed by atoms with E-state index in [1.54, 1.807) is 12.1 Å². The van der Waals surface area contributed by atoms with Crippen molar-refractivity contribution in [2.45, 2.75) is 91.0 Å². The summed E-state index contributed by atoms with van der Waals surface area (Å²) in [6.07, 6.45) is 12.8. The third kappa shape index (κ3) is 3.74. The molecule has 0 heterocycles. The predicted molar refractivity (Wildman–Crippen MR) is 141 cm³/mol. The standard InChI is InChI=1S/C32H41NO3/c1-5-14-31(22(2)34)16-13-28-26-11-10-25-19-32(35,36-21-24-8-6-23(20-33)7-9-24)18-17-29(25,3)27(26)12-15-30(28,31)4/h5-10,26-28,35H,1,11-19,21H2,2-4H3. The van der Waals surface area contributed by atoms with Crippen molar-refractivity contribution < 1.29 is 14.6 Å². The highest BCUT2D eigenvalue weighted by atomic mass is 16.6. The molecule has 0 aromatic heterocycles. The van der Waals surface area contributed by atoms with Gasteiger partial charge in [0.2, 0.25) is 0 Å². The monoisotopic (exact) mass is 487 g/mol. The molecule has 5 rings (SSSR count). The van der Waals surface area contributed by atoms with Crippen LogP contribution in [0.25, 0.3) is 0 Å². The third-order valence-corrected chi connectivity index (χ3v) is 11.2. The number of ketones is 1. The van der Waals surface area contributed by atoms with Crippen molar-refractivity contribution in [1.29, 1.82) is 5.26 Å². The number of carbonyl (C=O) groups is 1. The molecule has 7 atom stereocenters. The summed E-state index contributed by atoms with van der Waals surface area (Å²) >= 11 is 0. The van der Waals surface area contributed by atoms with Gasteiger partial charge in [-0.1, -0.05) is 43.7 Å². The van der Waals surface area contributed by atoms with Gasteiger partial charge >= 0.3 is 0 Å². The smallest absolute Gasteiger partial charge is 0.169 e. The van der Waals surface area contributed by atoms with Crippen LogP contribution >= 0.6 is 0 Å². The Kier molecular flexibility index (Phi) is 6.33. The quantitative estimate of drug-likeness (QED) is 0.351. The van der Waals surface area contributed by atoms with Gasteiger partial charge in [-0.05, 0) is 98.1 Å². The molecule has 4 aliphatic rings. The second-order valence-electron chi connectivity index (χ2n) is 12.6. The molecule has 1 aromatic carbocycles. The molecular weight excluding hydrogens is 446 g/mol. The van der Waals surface area contributed by atoms with Crippen molar-refractivity contribution in [3.05, 3.63) is 59.7 Å². The summed E-state index contributed by atoms with van der Waals surface area (Å²) in [6, 6.07) is 9.51. The number of ether oxygens (including phenoxy) is 1. The summed E-state index contributed by atoms with van der Waals surface area (Å²) in [4.78, 5) is 13.0. The van der Waals surface area contributed by atoms with Gasteiger partial charge in [-0.2, -0.15) is 5.26 Å². The molecule has 192 valence electrons. The summed E-state index contributed by atoms with van der Waals surface area (Å²) in [5.41, 5.74) is 2.85. The van der Waals surface area contributed by atoms with E-state index in [4.69, 9.17) is 10.00 Å². The average molecular weight is 488 g/mol. The molecule has 3 fully saturated rings. The van der Waals surface area contributed by atoms with E-state index in [1.165, 1.54) is 5.57 Å². The van der Waals surface area contributed by atoms with E-state index in [0.717, 1.165) is 50.5 Å². The zero-order valence-electron chi connectivity index (χ0n) is 22.2. The molecule has 4 heteroatoms. The number of hydrogen-bond acceptors (Lipinski definition) is 4. The van der Waals surface area contributed by atoms with Gasteiger partial charge in [-0.15, -0.1) is 6.58 Å². The van der Waals surface area contributed by atoms with E-state index in [9.17, 15) is 9.90 Å². The van der Waals surface area contributed by atoms with E-state index in [2.05, 4.69) is 32.6 Å². The highest BCUT2D eigenvalue weighted by Crippen LogP contribution is 2.70. The van der Waals surface area contributed by atoms with Crippen LogP contribution in [0.5, 0.6) is 0 Å². The van der Waals surface area contributed by atoms with Crippen LogP contribution in [0.15, 0.2) is 48.6 Å². The molecule has 3 saturated carbocycles. The van der Waals surface area contributed by atoms with Gasteiger partial charge in [-0.3, -0.25) is 4.79 Å². The van der Waals surface area contributed by atoms with Crippen LogP contribution in [0, 0.1) is 45.3 Å². The Morgan fingerprint density at radius 2 is 1.89 bits per heavy atom. The first-order valence-corrected chi connectivity index (χ1v) is 13.8. The Bertz CT molecular complexity index is 1120. The maximum Gasteiger partial charge on any atom is 0.169 e. The fourth-order valence-corrected chi connectivity index (χ4v) is 9.07. The molecule has 0 amide bonds. The summed E-state index contributed by atoms with van der Waals surface area (Å²) in [7, 11) is 0. The van der Waals surface area contributed by atoms with E-state index in [-0.39, 0.29) is 16.2 Å². The maximum atomic E-state index is 13.0. The van der Waals surface area contributed by atoms with Crippen LogP contribution in [0.1, 0.15) is 89.7 Å². The normalized spacial score (nSPS) is 41.3. The lowest BCUT2D eigenvalue weighted by molar-refractivity contribution is -0.231. The van der Waals surface area contributed by atoms with E-state index in [1.807, 2.05) is 25.1 Å². The lowest BCUT2D eigenvalue weighted by atomic mass is 9.45. The number of nitrogens with zero attached hydrogens (tertiary/aromatic N) is 1. The molecule has 0 bridgehead atoms. The Hall–Kier alpha value is -2.22. The van der Waals surface area contributed by atoms with E-state index in [0.29, 0.717) is 48.5 Å². The number of aliphatic hydroxyl groups is 1. The van der Waals surface area contributed by atoms with Crippen LogP contribution < -0.4 is 0 Å². The highest BCUT2D eigenvalue weighted by molar-refractivity contribution is 5.84. The molecule has 0 spiro atoms. The number of nitriles is 1. The first kappa shape index (κ1) is 25.4. The minimum absolute atomic E-state index is 0.0511. The van der Waals surface area contributed by atoms with Crippen molar-refractivity contribution in [3.8, 4) is 6.07 Å². The Morgan fingerprint density at radius 3 is 2.56 bits per heavy atom. The SMILES string of the molecule is C=CCC1(C(C)=O)CCC2C3CC=C4CC(O)(OCc5ccc(C#N)cc5)CCC4(C)C3CCC21C. The topological polar surface area (TPSA) is 70.3 Å². The zero-order chi connectivity index (χ0) is 25.8. The molecule has 0 radical (unpaired) electrons. The predicted octanol–water partition coefficient (Wildman–Crippen LogP) is 6.88. The van der Waals surface area contributed by atoms with Crippen LogP contribution in [0.2, 0.25) is 0 Å². The van der Waals surface area contributed by atoms with Gasteiger partial charge in [0.25, 0.3) is 0 Å². The van der Waals surface area contributed by atoms with Gasteiger partial charge in [0, 0.05) is 18.3 Å². The number of rotatable bonds is 6. The second-order valence-corrected chi connectivity index (χ2v) is 12.6. The third-order valence-electron chi connectivity index (χ3n) is 11.2. The minimum atomic E-state index is -1.14. The maximum absolute atomic E-state index is 13.0. The Balaban J connectivity index is 1.34. The first-order valence-electron chi connectivity index (χ1n) is 13.8. The zero-order valence-corrected chi connectivity index (χ0v) is 22.2. The van der Waals surface area contributed by atoms with Gasteiger partial charge in [0.1, 0.15) is 5.78 Å². The Labute approximate surface area is 216 Å². The van der Waals surface area contributed by atoms with Gasteiger partial charge in [0.15, 0.2) is 5.79 Å². The molecule has 0 saturated heterocycles. The molecule has 4 nitrogen and oxygen atoms in total. The fraction of sp³-hybridized carbons (Fsp3) is 0.625. The van der Waals surface area contributed by atoms with Crippen LogP contribution in [-0.2, 0) is 16.1 Å². The number of carbonyl (C=O) groups excluding carboxylic acids is 1. The highest BCUT2D eigenvalue weighted by Gasteiger charge is 2.65. The lowest BCUT2D eigenvalue weighted by Crippen LogP contribution is -2.55. The minimum Gasteiger partial charge on any atom is -0.365 e. The van der Waals surface area contributed by atoms with Crippen molar-refractivity contribution in [3.63, 3.8) is 0 Å². The first-order chi connectivity index (χ1) is 17.1. The largest absolute Gasteiger partial charge is 0.365 e. The molecule has 0 aliphatic heterocycles. The molecular formula is C32H41NO3. The summed E-state index contributed by atoms with van der Waals surface area (Å²) in [5.74, 6) is 0.991. The Morgan fingerprint density at radius 1 is 1.17 bits per heavy atom. The molecule has 1 N–H and O–H groups in total. The van der Waals surface area contributed by atoms with Crippen molar-refractivity contribution in [1.82, 2.24) is 0 Å². The molecule has 7 unspecified atom stereocenters. The van der Waals surface area contributed by atoms with Crippen molar-refractivity contribution in [2.75, 3.05) is 0 Å². The molecule has 4 aliphatic carbocycles. The van der Waals surface area contributed by atoms with Crippen molar-refractivity contribution in [2.24, 2.45) is 34.0 Å². The second kappa shape index (κ2) is 8.96. The molecule has 36 heavy (non-hydrogen) atoms. The number of benzene rings is 1. The number of allylic oxidation sites excluding steroid dienone is 2. The van der Waals surface area contributed by atoms with Gasteiger partial charge in [0.05, 0.1) is 18.2 Å². The average Bonchev–Trinajstić information content (AvgIpc) is 3.17. The summed E-state index contributed by atoms with van der Waals surface area (Å²) < 4.78 is 6.11. The van der Waals surface area contributed by atoms with Crippen LogP contribution in [0.4, 0.5) is 0 Å². The van der Waals surface area contributed by atoms with Gasteiger partial charge < -0.3 is 9.84 Å². The number of hydrogen-bond donors (Lipinski definition) is 1. The molecule has 1 aromatic rings. The summed E-state index contributed by atoms with van der Waals surface area (Å²) in [5, 5.41) is 20.4. The van der Waals surface area contributed by atoms with E-state index >= 15 is 0 Å². The van der Waals surface area contributed by atoms with E-state index < -0.39 is 5.79 Å². The van der Waals surface area contributed by atoms with Crippen molar-refractivity contribution >= 4 is 5.78 Å². The van der Waals surface area contributed by atoms with Crippen LogP contribution in [-0.4, -0.2) is 16.7 Å². The number of fused-ring (bicyclic) bond motifs is 5. The number of Topliss-reactive ketones (excluding diaryl/α,β-unsaturated/α-hetero) is 1. The lowest BCUT2D eigenvalue weighted by Gasteiger charge is -2.60. The fourth-order valence-electron chi connectivity index (χ4n) is 9.07. The summed E-state index contributed by atoms with van der Waals surface area (Å²) in [6.45, 7) is 11.0. The van der Waals surface area contributed by atoms with Gasteiger partial charge in [-0.25, -0.2) is 0 Å².